The van der Waals surface area contributed by atoms with Crippen molar-refractivity contribution < 1.29 is 0 Å². The average Bonchev–Trinajstić information content (AvgIpc) is 2.47. The monoisotopic (exact) mass is 250 g/mol. The highest BCUT2D eigenvalue weighted by atomic mass is 14.1. The first kappa shape index (κ1) is 13.6. The molecule has 0 spiro atoms. The molecule has 0 aliphatic carbocycles. The lowest BCUT2D eigenvalue weighted by Crippen LogP contribution is -2.03. The van der Waals surface area contributed by atoms with E-state index in [-0.39, 0.29) is 0 Å². The molecule has 0 N–H and O–H groups in total. The molecular formula is C19H22. The lowest BCUT2D eigenvalue weighted by molar-refractivity contribution is 1.50. The highest BCUT2D eigenvalue weighted by molar-refractivity contribution is 6.12. The molecule has 0 heteroatoms. The fraction of sp³-hybridized carbons (Fsp3) is 0.263. The van der Waals surface area contributed by atoms with E-state index < -0.39 is 0 Å². The molecular weight excluding hydrogens is 228 g/mol. The van der Waals surface area contributed by atoms with Crippen molar-refractivity contribution in [3.8, 4) is 0 Å². The summed E-state index contributed by atoms with van der Waals surface area (Å²) >= 11 is 0. The maximum absolute atomic E-state index is 2.25. The molecule has 0 amide bonds. The van der Waals surface area contributed by atoms with E-state index in [4.69, 9.17) is 0 Å². The van der Waals surface area contributed by atoms with Crippen molar-refractivity contribution in [3.63, 3.8) is 0 Å². The summed E-state index contributed by atoms with van der Waals surface area (Å²) in [6.45, 7) is 10.5. The molecule has 3 aromatic rings. The Bertz CT molecular complexity index is 758. The minimum absolute atomic E-state index is 1.34. The van der Waals surface area contributed by atoms with Crippen LogP contribution in [0.5, 0.6) is 0 Å². The van der Waals surface area contributed by atoms with E-state index in [0.717, 1.165) is 0 Å². The van der Waals surface area contributed by atoms with Crippen molar-refractivity contribution in [1.29, 1.82) is 0 Å². The van der Waals surface area contributed by atoms with E-state index in [1.54, 1.807) is 0 Å². The van der Waals surface area contributed by atoms with E-state index in [9.17, 15) is 0 Å². The Morgan fingerprint density at radius 2 is 1.37 bits per heavy atom. The second-order valence-electron chi connectivity index (χ2n) is 4.73. The van der Waals surface area contributed by atoms with Crippen LogP contribution < -0.4 is 5.22 Å². The van der Waals surface area contributed by atoms with Gasteiger partial charge in [-0.3, -0.25) is 0 Å². The first-order chi connectivity index (χ1) is 9.22. The van der Waals surface area contributed by atoms with Gasteiger partial charge in [-0.25, -0.2) is 0 Å². The molecule has 3 rings (SSSR count). The molecule has 3 aromatic carbocycles. The molecule has 0 aliphatic heterocycles. The van der Waals surface area contributed by atoms with Gasteiger partial charge in [0.2, 0.25) is 0 Å². The van der Waals surface area contributed by atoms with Gasteiger partial charge in [-0.2, -0.15) is 0 Å². The highest BCUT2D eigenvalue weighted by Crippen LogP contribution is 2.28. The van der Waals surface area contributed by atoms with Crippen LogP contribution in [-0.4, -0.2) is 0 Å². The van der Waals surface area contributed by atoms with Gasteiger partial charge in [-0.1, -0.05) is 56.3 Å². The van der Waals surface area contributed by atoms with Gasteiger partial charge < -0.3 is 0 Å². The summed E-state index contributed by atoms with van der Waals surface area (Å²) in [5.41, 5.74) is 2.72. The fourth-order valence-corrected chi connectivity index (χ4v) is 2.74. The highest BCUT2D eigenvalue weighted by Gasteiger charge is 2.06. The van der Waals surface area contributed by atoms with E-state index >= 15 is 0 Å². The van der Waals surface area contributed by atoms with Gasteiger partial charge >= 0.3 is 0 Å². The molecule has 0 unspecified atom stereocenters. The first-order valence-corrected chi connectivity index (χ1v) is 7.10. The zero-order chi connectivity index (χ0) is 14.0. The zero-order valence-electron chi connectivity index (χ0n) is 12.5. The predicted molar refractivity (Wildman–Crippen MR) is 87.6 cm³/mol. The Hall–Kier alpha value is -1.82. The van der Waals surface area contributed by atoms with Crippen molar-refractivity contribution in [1.82, 2.24) is 0 Å². The summed E-state index contributed by atoms with van der Waals surface area (Å²) in [4.78, 5) is 0. The van der Waals surface area contributed by atoms with Crippen LogP contribution in [0.15, 0.2) is 36.4 Å². The lowest BCUT2D eigenvalue weighted by atomic mass is 9.93. The number of rotatable bonds is 0. The number of hydrogen-bond donors (Lipinski definition) is 0. The third-order valence-electron chi connectivity index (χ3n) is 3.68. The summed E-state index contributed by atoms with van der Waals surface area (Å²) in [5.74, 6) is 0. The molecule has 0 fully saturated rings. The average molecular weight is 250 g/mol. The number of hydrogen-bond acceptors (Lipinski definition) is 0. The van der Waals surface area contributed by atoms with Gasteiger partial charge in [0, 0.05) is 0 Å². The minimum atomic E-state index is 1.34. The largest absolute Gasteiger partial charge is 0.0798 e. The fourth-order valence-electron chi connectivity index (χ4n) is 2.74. The van der Waals surface area contributed by atoms with Crippen LogP contribution in [0.4, 0.5) is 0 Å². The maximum Gasteiger partial charge on any atom is -0.00276 e. The normalized spacial score (nSPS) is 11.7. The van der Waals surface area contributed by atoms with Crippen LogP contribution in [0.25, 0.3) is 27.6 Å². The smallest absolute Gasteiger partial charge is 0.00276 e. The van der Waals surface area contributed by atoms with E-state index in [1.165, 1.54) is 37.9 Å². The summed E-state index contributed by atoms with van der Waals surface area (Å²) < 4.78 is 0. The summed E-state index contributed by atoms with van der Waals surface area (Å²) in [6.07, 6.45) is 2.20. The molecule has 0 aromatic heterocycles. The molecule has 0 heterocycles. The molecule has 0 saturated carbocycles. The third kappa shape index (κ3) is 2.12. The maximum atomic E-state index is 2.25. The molecule has 0 saturated heterocycles. The van der Waals surface area contributed by atoms with Gasteiger partial charge in [0.1, 0.15) is 0 Å². The molecule has 98 valence electrons. The van der Waals surface area contributed by atoms with Crippen molar-refractivity contribution in [3.05, 3.63) is 52.7 Å². The molecule has 19 heavy (non-hydrogen) atoms. The standard InChI is InChI=1S/C17H16.C2H6/c1-4-13-9-10-15-11(2)5-7-14-8-6-12(3)16(13)17(14)15;1-2/h4-10H,1-3H3;1-2H3/b13-4-;. The van der Waals surface area contributed by atoms with Gasteiger partial charge in [-0.15, -0.1) is 0 Å². The second-order valence-corrected chi connectivity index (χ2v) is 4.73. The van der Waals surface area contributed by atoms with Gasteiger partial charge in [0.05, 0.1) is 0 Å². The van der Waals surface area contributed by atoms with Crippen LogP contribution in [0.2, 0.25) is 0 Å². The van der Waals surface area contributed by atoms with Gasteiger partial charge in [0.15, 0.2) is 0 Å². The quantitative estimate of drug-likeness (QED) is 0.517. The SMILES string of the molecule is C/C=c1/ccc2c(C)ccc3ccc(C)c1c32.CC. The lowest BCUT2D eigenvalue weighted by Gasteiger charge is -2.11. The van der Waals surface area contributed by atoms with E-state index in [2.05, 4.69) is 63.2 Å². The van der Waals surface area contributed by atoms with Crippen LogP contribution in [0.3, 0.4) is 0 Å². The van der Waals surface area contributed by atoms with Crippen LogP contribution >= 0.6 is 0 Å². The predicted octanol–water partition coefficient (Wildman–Crippen LogP) is 5.16. The van der Waals surface area contributed by atoms with Crippen molar-refractivity contribution in [2.24, 2.45) is 0 Å². The molecule has 0 radical (unpaired) electrons. The second kappa shape index (κ2) is 5.44. The number of aryl methyl sites for hydroxylation is 2. The summed E-state index contributed by atoms with van der Waals surface area (Å²) in [5, 5.41) is 6.89. The number of benzene rings is 3. The molecule has 0 nitrogen and oxygen atoms in total. The van der Waals surface area contributed by atoms with Crippen LogP contribution in [0.1, 0.15) is 31.9 Å². The van der Waals surface area contributed by atoms with Crippen molar-refractivity contribution in [2.75, 3.05) is 0 Å². The van der Waals surface area contributed by atoms with Crippen LogP contribution in [-0.2, 0) is 0 Å². The topological polar surface area (TPSA) is 0 Å². The zero-order valence-corrected chi connectivity index (χ0v) is 12.5. The Balaban J connectivity index is 0.000000637. The first-order valence-electron chi connectivity index (χ1n) is 7.10. The third-order valence-corrected chi connectivity index (χ3v) is 3.68. The van der Waals surface area contributed by atoms with Crippen LogP contribution in [0, 0.1) is 13.8 Å². The Labute approximate surface area is 115 Å². The van der Waals surface area contributed by atoms with Crippen molar-refractivity contribution in [2.45, 2.75) is 34.6 Å². The van der Waals surface area contributed by atoms with Crippen molar-refractivity contribution >= 4 is 27.6 Å². The molecule has 0 atom stereocenters. The van der Waals surface area contributed by atoms with E-state index in [0.29, 0.717) is 0 Å². The summed E-state index contributed by atoms with van der Waals surface area (Å²) in [7, 11) is 0. The Morgan fingerprint density at radius 3 is 2.00 bits per heavy atom. The van der Waals surface area contributed by atoms with Gasteiger partial charge in [0.25, 0.3) is 0 Å². The molecule has 0 aliphatic rings. The molecule has 0 bridgehead atoms. The minimum Gasteiger partial charge on any atom is -0.0798 e. The van der Waals surface area contributed by atoms with Gasteiger partial charge in [-0.05, 0) is 58.7 Å². The Kier molecular flexibility index (Phi) is 3.90. The Morgan fingerprint density at radius 1 is 0.737 bits per heavy atom. The van der Waals surface area contributed by atoms with E-state index in [1.807, 2.05) is 13.8 Å². The summed E-state index contributed by atoms with van der Waals surface area (Å²) in [6, 6.07) is 13.4.